The molecule has 0 atom stereocenters. The highest BCUT2D eigenvalue weighted by Crippen LogP contribution is 2.31. The number of primary amides is 1. The number of aryl methyl sites for hydroxylation is 1. The van der Waals surface area contributed by atoms with Crippen molar-refractivity contribution in [2.45, 2.75) is 6.92 Å². The van der Waals surface area contributed by atoms with Gasteiger partial charge in [0.25, 0.3) is 5.91 Å². The van der Waals surface area contributed by atoms with Crippen molar-refractivity contribution in [1.29, 1.82) is 0 Å². The molecule has 0 spiro atoms. The van der Waals surface area contributed by atoms with Crippen molar-refractivity contribution in [1.82, 2.24) is 10.3 Å². The molecule has 2 aromatic rings. The van der Waals surface area contributed by atoms with E-state index >= 15 is 0 Å². The van der Waals surface area contributed by atoms with Crippen molar-refractivity contribution >= 4 is 11.7 Å². The molecule has 0 radical (unpaired) electrons. The summed E-state index contributed by atoms with van der Waals surface area (Å²) in [5.41, 5.74) is 9.19. The van der Waals surface area contributed by atoms with E-state index in [0.717, 1.165) is 42.9 Å². The third-order valence-corrected chi connectivity index (χ3v) is 4.03. The summed E-state index contributed by atoms with van der Waals surface area (Å²) in [5.74, 6) is 0.259. The van der Waals surface area contributed by atoms with Crippen molar-refractivity contribution in [3.05, 3.63) is 47.7 Å². The first-order valence-corrected chi connectivity index (χ1v) is 7.49. The van der Waals surface area contributed by atoms with E-state index in [-0.39, 0.29) is 0 Å². The van der Waals surface area contributed by atoms with Gasteiger partial charge in [-0.3, -0.25) is 4.79 Å². The molecule has 1 aliphatic heterocycles. The Morgan fingerprint density at radius 3 is 2.59 bits per heavy atom. The fourth-order valence-electron chi connectivity index (χ4n) is 2.91. The number of rotatable bonds is 3. The number of carbonyl (C=O) groups excluding carboxylic acids is 1. The number of benzene rings is 1. The predicted molar refractivity (Wildman–Crippen MR) is 88.0 cm³/mol. The number of nitrogens with one attached hydrogen (secondary N) is 1. The van der Waals surface area contributed by atoms with E-state index in [0.29, 0.717) is 11.4 Å². The Hall–Kier alpha value is -2.40. The van der Waals surface area contributed by atoms with Crippen LogP contribution in [0.15, 0.2) is 36.5 Å². The second kappa shape index (κ2) is 6.15. The highest BCUT2D eigenvalue weighted by molar-refractivity contribution is 6.04. The lowest BCUT2D eigenvalue weighted by molar-refractivity contribution is 0.100. The van der Waals surface area contributed by atoms with Crippen LogP contribution in [-0.2, 0) is 0 Å². The molecule has 1 fully saturated rings. The lowest BCUT2D eigenvalue weighted by atomic mass is 9.96. The standard InChI is InChI=1S/C17H20N4O/c1-12-4-2-3-5-13(12)14-6-7-20-17(15(14)16(18)22)21-10-8-19-9-11-21/h2-7,19H,8-11H2,1H3,(H2,18,22). The Kier molecular flexibility index (Phi) is 4.06. The molecule has 5 nitrogen and oxygen atoms in total. The van der Waals surface area contributed by atoms with Crippen LogP contribution in [0.2, 0.25) is 0 Å². The third-order valence-electron chi connectivity index (χ3n) is 4.03. The first kappa shape index (κ1) is 14.5. The average Bonchev–Trinajstić information content (AvgIpc) is 2.55. The zero-order valence-electron chi connectivity index (χ0n) is 12.7. The number of amides is 1. The monoisotopic (exact) mass is 296 g/mol. The van der Waals surface area contributed by atoms with Crippen LogP contribution >= 0.6 is 0 Å². The quantitative estimate of drug-likeness (QED) is 0.902. The third kappa shape index (κ3) is 2.67. The maximum Gasteiger partial charge on any atom is 0.253 e. The van der Waals surface area contributed by atoms with Gasteiger partial charge in [0.1, 0.15) is 5.82 Å². The molecule has 0 unspecified atom stereocenters. The molecule has 3 N–H and O–H groups in total. The van der Waals surface area contributed by atoms with E-state index in [1.165, 1.54) is 0 Å². The van der Waals surface area contributed by atoms with Crippen LogP contribution in [0.4, 0.5) is 5.82 Å². The zero-order chi connectivity index (χ0) is 15.5. The fourth-order valence-corrected chi connectivity index (χ4v) is 2.91. The molecule has 114 valence electrons. The van der Waals surface area contributed by atoms with E-state index in [2.05, 4.69) is 15.2 Å². The second-order valence-corrected chi connectivity index (χ2v) is 5.47. The Morgan fingerprint density at radius 1 is 1.18 bits per heavy atom. The Labute approximate surface area is 130 Å². The van der Waals surface area contributed by atoms with Gasteiger partial charge in [0.15, 0.2) is 0 Å². The van der Waals surface area contributed by atoms with Crippen LogP contribution in [0.25, 0.3) is 11.1 Å². The van der Waals surface area contributed by atoms with Crippen molar-refractivity contribution < 1.29 is 4.79 Å². The number of anilines is 1. The minimum Gasteiger partial charge on any atom is -0.365 e. The number of pyridine rings is 1. The van der Waals surface area contributed by atoms with Gasteiger partial charge in [0.05, 0.1) is 5.56 Å². The summed E-state index contributed by atoms with van der Waals surface area (Å²) in [7, 11) is 0. The first-order chi connectivity index (χ1) is 10.7. The van der Waals surface area contributed by atoms with Crippen LogP contribution < -0.4 is 16.0 Å². The maximum atomic E-state index is 12.1. The number of nitrogens with two attached hydrogens (primary N) is 1. The number of piperazine rings is 1. The molecule has 0 saturated carbocycles. The summed E-state index contributed by atoms with van der Waals surface area (Å²) in [5, 5.41) is 3.30. The second-order valence-electron chi connectivity index (χ2n) is 5.47. The van der Waals surface area contributed by atoms with Gasteiger partial charge in [-0.25, -0.2) is 4.98 Å². The summed E-state index contributed by atoms with van der Waals surface area (Å²) in [6, 6.07) is 9.87. The van der Waals surface area contributed by atoms with Gasteiger partial charge in [0, 0.05) is 32.4 Å². The SMILES string of the molecule is Cc1ccccc1-c1ccnc(N2CCNCC2)c1C(N)=O. The van der Waals surface area contributed by atoms with Gasteiger partial charge in [-0.2, -0.15) is 0 Å². The van der Waals surface area contributed by atoms with Crippen molar-refractivity contribution in [3.8, 4) is 11.1 Å². The fraction of sp³-hybridized carbons (Fsp3) is 0.294. The maximum absolute atomic E-state index is 12.1. The van der Waals surface area contributed by atoms with Gasteiger partial charge >= 0.3 is 0 Å². The van der Waals surface area contributed by atoms with Crippen LogP contribution in [0, 0.1) is 6.92 Å². The lowest BCUT2D eigenvalue weighted by Crippen LogP contribution is -2.44. The summed E-state index contributed by atoms with van der Waals surface area (Å²) in [4.78, 5) is 18.7. The minimum absolute atomic E-state index is 0.431. The molecular formula is C17H20N4O. The van der Waals surface area contributed by atoms with Gasteiger partial charge in [0.2, 0.25) is 0 Å². The van der Waals surface area contributed by atoms with Crippen LogP contribution in [0.1, 0.15) is 15.9 Å². The number of nitrogens with zero attached hydrogens (tertiary/aromatic N) is 2. The van der Waals surface area contributed by atoms with Gasteiger partial charge in [-0.15, -0.1) is 0 Å². The number of carbonyl (C=O) groups is 1. The van der Waals surface area contributed by atoms with E-state index in [4.69, 9.17) is 5.73 Å². The first-order valence-electron chi connectivity index (χ1n) is 7.49. The predicted octanol–water partition coefficient (Wildman–Crippen LogP) is 1.57. The van der Waals surface area contributed by atoms with Crippen LogP contribution in [0.3, 0.4) is 0 Å². The molecule has 1 saturated heterocycles. The van der Waals surface area contributed by atoms with Crippen LogP contribution in [-0.4, -0.2) is 37.1 Å². The molecule has 1 aromatic carbocycles. The summed E-state index contributed by atoms with van der Waals surface area (Å²) in [6.07, 6.45) is 1.76. The van der Waals surface area contributed by atoms with E-state index in [1.54, 1.807) is 6.20 Å². The molecule has 1 aliphatic rings. The van der Waals surface area contributed by atoms with E-state index in [1.807, 2.05) is 37.3 Å². The van der Waals surface area contributed by atoms with Crippen molar-refractivity contribution in [2.24, 2.45) is 5.73 Å². The average molecular weight is 296 g/mol. The molecule has 1 amide bonds. The highest BCUT2D eigenvalue weighted by Gasteiger charge is 2.22. The Balaban J connectivity index is 2.15. The molecule has 3 rings (SSSR count). The van der Waals surface area contributed by atoms with E-state index < -0.39 is 5.91 Å². The molecule has 1 aromatic heterocycles. The lowest BCUT2D eigenvalue weighted by Gasteiger charge is -2.30. The molecule has 0 aliphatic carbocycles. The van der Waals surface area contributed by atoms with Crippen LogP contribution in [0.5, 0.6) is 0 Å². The summed E-state index contributed by atoms with van der Waals surface area (Å²) < 4.78 is 0. The van der Waals surface area contributed by atoms with Gasteiger partial charge < -0.3 is 16.0 Å². The summed E-state index contributed by atoms with van der Waals surface area (Å²) in [6.45, 7) is 5.45. The van der Waals surface area contributed by atoms with Crippen molar-refractivity contribution in [2.75, 3.05) is 31.1 Å². The van der Waals surface area contributed by atoms with Gasteiger partial charge in [-0.05, 0) is 29.7 Å². The molecule has 22 heavy (non-hydrogen) atoms. The molecule has 5 heteroatoms. The Bertz CT molecular complexity index is 693. The molecule has 0 bridgehead atoms. The number of aromatic nitrogens is 1. The topological polar surface area (TPSA) is 71.2 Å². The highest BCUT2D eigenvalue weighted by atomic mass is 16.1. The molecule has 2 heterocycles. The number of hydrogen-bond acceptors (Lipinski definition) is 4. The molecular weight excluding hydrogens is 276 g/mol. The van der Waals surface area contributed by atoms with Gasteiger partial charge in [-0.1, -0.05) is 24.3 Å². The normalized spacial score (nSPS) is 14.9. The zero-order valence-corrected chi connectivity index (χ0v) is 12.7. The van der Waals surface area contributed by atoms with Crippen molar-refractivity contribution in [3.63, 3.8) is 0 Å². The smallest absolute Gasteiger partial charge is 0.253 e. The minimum atomic E-state index is -0.431. The largest absolute Gasteiger partial charge is 0.365 e. The summed E-state index contributed by atoms with van der Waals surface area (Å²) >= 11 is 0. The number of hydrogen-bond donors (Lipinski definition) is 2. The van der Waals surface area contributed by atoms with E-state index in [9.17, 15) is 4.79 Å². The Morgan fingerprint density at radius 2 is 1.91 bits per heavy atom.